The summed E-state index contributed by atoms with van der Waals surface area (Å²) >= 11 is 0. The summed E-state index contributed by atoms with van der Waals surface area (Å²) in [6.07, 6.45) is 0.352. The number of nitrogens with zero attached hydrogens (tertiary/aromatic N) is 2. The van der Waals surface area contributed by atoms with Crippen LogP contribution in [0, 0.1) is 16.0 Å². The predicted molar refractivity (Wildman–Crippen MR) is 89.6 cm³/mol. The Morgan fingerprint density at radius 1 is 1.23 bits per heavy atom. The number of para-hydroxylation sites is 1. The van der Waals surface area contributed by atoms with Crippen LogP contribution < -0.4 is 0 Å². The third-order valence-electron chi connectivity index (χ3n) is 4.11. The second-order valence-electron chi connectivity index (χ2n) is 5.46. The number of benzene rings is 1. The fraction of sp³-hybridized carbons (Fsp3) is 0.294. The van der Waals surface area contributed by atoms with E-state index in [2.05, 4.69) is 4.99 Å². The molecule has 0 fully saturated rings. The average molecular weight is 360 g/mol. The smallest absolute Gasteiger partial charge is 0.336 e. The number of aldehydes is 1. The molecule has 9 nitrogen and oxygen atoms in total. The monoisotopic (exact) mass is 360 g/mol. The Hall–Kier alpha value is -3.36. The minimum Gasteiger partial charge on any atom is -0.468 e. The molecule has 26 heavy (non-hydrogen) atoms. The lowest BCUT2D eigenvalue weighted by Gasteiger charge is -2.30. The molecule has 2 unspecified atom stereocenters. The third kappa shape index (κ3) is 3.23. The molecule has 1 aromatic carbocycles. The lowest BCUT2D eigenvalue weighted by Crippen LogP contribution is -2.36. The molecule has 1 aliphatic heterocycles. The van der Waals surface area contributed by atoms with Crippen molar-refractivity contribution in [3.05, 3.63) is 51.2 Å². The number of nitro benzene ring substituents is 1. The van der Waals surface area contributed by atoms with Crippen LogP contribution in [0.1, 0.15) is 18.4 Å². The van der Waals surface area contributed by atoms with Crippen LogP contribution in [0.4, 0.5) is 5.69 Å². The molecule has 0 saturated heterocycles. The molecule has 1 aliphatic rings. The molecule has 0 amide bonds. The minimum atomic E-state index is -1.14. The van der Waals surface area contributed by atoms with Crippen LogP contribution >= 0.6 is 0 Å². The molecule has 0 spiro atoms. The molecule has 0 radical (unpaired) electrons. The molecule has 1 aromatic rings. The van der Waals surface area contributed by atoms with E-state index in [0.717, 1.165) is 14.2 Å². The van der Waals surface area contributed by atoms with Gasteiger partial charge in [-0.1, -0.05) is 18.2 Å². The van der Waals surface area contributed by atoms with Gasteiger partial charge in [0.05, 0.1) is 24.7 Å². The van der Waals surface area contributed by atoms with Gasteiger partial charge in [-0.15, -0.1) is 0 Å². The summed E-state index contributed by atoms with van der Waals surface area (Å²) in [7, 11) is 2.26. The molecular weight excluding hydrogens is 344 g/mol. The summed E-state index contributed by atoms with van der Waals surface area (Å²) < 4.78 is 9.51. The van der Waals surface area contributed by atoms with E-state index in [1.165, 1.54) is 31.2 Å². The van der Waals surface area contributed by atoms with Crippen LogP contribution in [0.15, 0.2) is 40.5 Å². The van der Waals surface area contributed by atoms with Gasteiger partial charge in [0.15, 0.2) is 6.29 Å². The fourth-order valence-electron chi connectivity index (χ4n) is 3.00. The van der Waals surface area contributed by atoms with Gasteiger partial charge in [0, 0.05) is 23.3 Å². The number of hydrogen-bond acceptors (Lipinski definition) is 8. The number of methoxy groups -OCH3 is 2. The predicted octanol–water partition coefficient (Wildman–Crippen LogP) is 1.57. The number of esters is 2. The number of carbonyl (C=O) groups excluding carboxylic acids is 3. The van der Waals surface area contributed by atoms with E-state index >= 15 is 0 Å². The Labute approximate surface area is 148 Å². The summed E-state index contributed by atoms with van der Waals surface area (Å²) in [5.41, 5.74) is -0.472. The van der Waals surface area contributed by atoms with Crippen LogP contribution in [-0.4, -0.2) is 43.1 Å². The Balaban J connectivity index is 2.84. The van der Waals surface area contributed by atoms with E-state index in [1.54, 1.807) is 0 Å². The van der Waals surface area contributed by atoms with Gasteiger partial charge in [-0.3, -0.25) is 24.7 Å². The quantitative estimate of drug-likeness (QED) is 0.338. The van der Waals surface area contributed by atoms with E-state index < -0.39 is 28.7 Å². The molecular formula is C17H16N2O7. The van der Waals surface area contributed by atoms with Crippen molar-refractivity contribution >= 4 is 29.6 Å². The van der Waals surface area contributed by atoms with Gasteiger partial charge < -0.3 is 9.47 Å². The molecule has 2 atom stereocenters. The fourth-order valence-corrected chi connectivity index (χ4v) is 3.00. The summed E-state index contributed by atoms with van der Waals surface area (Å²) in [6, 6.07) is 5.66. The molecule has 9 heteroatoms. The Kier molecular flexibility index (Phi) is 5.61. The second-order valence-corrected chi connectivity index (χ2v) is 5.46. The first-order chi connectivity index (χ1) is 12.4. The lowest BCUT2D eigenvalue weighted by molar-refractivity contribution is -0.385. The maximum Gasteiger partial charge on any atom is 0.336 e. The van der Waals surface area contributed by atoms with Crippen molar-refractivity contribution in [2.75, 3.05) is 14.2 Å². The number of hydrogen-bond donors (Lipinski definition) is 0. The normalized spacial score (nSPS) is 19.4. The Bertz CT molecular complexity index is 841. The van der Waals surface area contributed by atoms with E-state index in [4.69, 9.17) is 9.47 Å². The highest BCUT2D eigenvalue weighted by molar-refractivity contribution is 6.09. The first kappa shape index (κ1) is 19.0. The number of rotatable bonds is 5. The SMILES string of the molecule is COC(=O)C1=C(C=O)N=C(C)C(C(=O)OC)C1c1ccccc1[N+](=O)[O-]. The summed E-state index contributed by atoms with van der Waals surface area (Å²) in [4.78, 5) is 51.0. The van der Waals surface area contributed by atoms with Crippen LogP contribution in [0.25, 0.3) is 0 Å². The number of nitro groups is 1. The van der Waals surface area contributed by atoms with E-state index in [1.807, 2.05) is 0 Å². The van der Waals surface area contributed by atoms with Crippen LogP contribution in [0.2, 0.25) is 0 Å². The zero-order valence-corrected chi connectivity index (χ0v) is 14.3. The largest absolute Gasteiger partial charge is 0.468 e. The number of carbonyl (C=O) groups is 3. The number of ether oxygens (including phenoxy) is 2. The summed E-state index contributed by atoms with van der Waals surface area (Å²) in [5.74, 6) is -3.89. The zero-order chi connectivity index (χ0) is 19.4. The highest BCUT2D eigenvalue weighted by Crippen LogP contribution is 2.42. The maximum absolute atomic E-state index is 12.4. The van der Waals surface area contributed by atoms with Gasteiger partial charge in [0.1, 0.15) is 11.6 Å². The Morgan fingerprint density at radius 3 is 2.42 bits per heavy atom. The van der Waals surface area contributed by atoms with E-state index in [0.29, 0.717) is 6.29 Å². The number of allylic oxidation sites excluding steroid dienone is 1. The highest BCUT2D eigenvalue weighted by Gasteiger charge is 2.45. The highest BCUT2D eigenvalue weighted by atomic mass is 16.6. The zero-order valence-electron chi connectivity index (χ0n) is 14.3. The molecule has 136 valence electrons. The molecule has 0 aromatic heterocycles. The van der Waals surface area contributed by atoms with Crippen molar-refractivity contribution in [2.24, 2.45) is 10.9 Å². The maximum atomic E-state index is 12.4. The molecule has 1 heterocycles. The van der Waals surface area contributed by atoms with Gasteiger partial charge in [-0.25, -0.2) is 4.79 Å². The van der Waals surface area contributed by atoms with Crippen molar-refractivity contribution in [3.8, 4) is 0 Å². The van der Waals surface area contributed by atoms with Crippen molar-refractivity contribution in [2.45, 2.75) is 12.8 Å². The lowest BCUT2D eigenvalue weighted by atomic mass is 9.75. The van der Waals surface area contributed by atoms with Gasteiger partial charge >= 0.3 is 11.9 Å². The first-order valence-electron chi connectivity index (χ1n) is 7.51. The summed E-state index contributed by atoms with van der Waals surface area (Å²) in [6.45, 7) is 1.49. The number of aliphatic imine (C=N–C) groups is 1. The minimum absolute atomic E-state index is 0.0851. The third-order valence-corrected chi connectivity index (χ3v) is 4.11. The second kappa shape index (κ2) is 7.68. The average Bonchev–Trinajstić information content (AvgIpc) is 2.65. The molecule has 0 N–H and O–H groups in total. The van der Waals surface area contributed by atoms with Crippen LogP contribution in [0.3, 0.4) is 0 Å². The van der Waals surface area contributed by atoms with E-state index in [9.17, 15) is 24.5 Å². The Morgan fingerprint density at radius 2 is 1.88 bits per heavy atom. The first-order valence-corrected chi connectivity index (χ1v) is 7.51. The van der Waals surface area contributed by atoms with Gasteiger partial charge in [0.25, 0.3) is 5.69 Å². The van der Waals surface area contributed by atoms with Crippen molar-refractivity contribution < 1.29 is 28.8 Å². The van der Waals surface area contributed by atoms with Gasteiger partial charge in [-0.2, -0.15) is 0 Å². The molecule has 2 rings (SSSR count). The molecule has 0 bridgehead atoms. The van der Waals surface area contributed by atoms with Crippen molar-refractivity contribution in [1.29, 1.82) is 0 Å². The van der Waals surface area contributed by atoms with Crippen LogP contribution in [-0.2, 0) is 23.9 Å². The van der Waals surface area contributed by atoms with Gasteiger partial charge in [-0.05, 0) is 6.92 Å². The topological polar surface area (TPSA) is 125 Å². The molecule has 0 saturated carbocycles. The molecule has 0 aliphatic carbocycles. The van der Waals surface area contributed by atoms with Crippen molar-refractivity contribution in [1.82, 2.24) is 0 Å². The van der Waals surface area contributed by atoms with Crippen molar-refractivity contribution in [3.63, 3.8) is 0 Å². The standard InChI is InChI=1S/C17H16N2O7/c1-9-13(16(21)25-2)14(10-6-4-5-7-12(10)19(23)24)15(17(22)26-3)11(8-20)18-9/h4-8,13-14H,1-3H3. The van der Waals surface area contributed by atoms with E-state index in [-0.39, 0.29) is 28.2 Å². The van der Waals surface area contributed by atoms with Crippen LogP contribution in [0.5, 0.6) is 0 Å². The summed E-state index contributed by atoms with van der Waals surface area (Å²) in [5, 5.41) is 11.4. The van der Waals surface area contributed by atoms with Gasteiger partial charge in [0.2, 0.25) is 0 Å².